The van der Waals surface area contributed by atoms with Crippen LogP contribution in [0.25, 0.3) is 0 Å². The Hall–Kier alpha value is -2.82. The summed E-state index contributed by atoms with van der Waals surface area (Å²) in [5.41, 5.74) is 3.61. The zero-order chi connectivity index (χ0) is 19.9. The Morgan fingerprint density at radius 3 is 2.61 bits per heavy atom. The summed E-state index contributed by atoms with van der Waals surface area (Å²) in [6, 6.07) is 13.5. The Bertz CT molecular complexity index is 949. The van der Waals surface area contributed by atoms with Gasteiger partial charge in [0.05, 0.1) is 37.6 Å². The number of fused-ring (bicyclic) bond motifs is 2. The summed E-state index contributed by atoms with van der Waals surface area (Å²) in [7, 11) is 3.27. The van der Waals surface area contributed by atoms with Gasteiger partial charge in [-0.2, -0.15) is 0 Å². The van der Waals surface area contributed by atoms with Crippen molar-refractivity contribution in [2.45, 2.75) is 32.7 Å². The van der Waals surface area contributed by atoms with Crippen molar-refractivity contribution in [1.29, 1.82) is 0 Å². The van der Waals surface area contributed by atoms with Gasteiger partial charge < -0.3 is 14.8 Å². The Kier molecular flexibility index (Phi) is 4.61. The summed E-state index contributed by atoms with van der Waals surface area (Å²) in [6.45, 7) is 4.27. The molecule has 1 heterocycles. The lowest BCUT2D eigenvalue weighted by atomic mass is 9.68. The third-order valence-electron chi connectivity index (χ3n) is 5.61. The van der Waals surface area contributed by atoms with Crippen LogP contribution in [0.3, 0.4) is 0 Å². The van der Waals surface area contributed by atoms with E-state index in [-0.39, 0.29) is 23.2 Å². The minimum absolute atomic E-state index is 0.0831. The highest BCUT2D eigenvalue weighted by Gasteiger charge is 2.44. The number of benzene rings is 2. The van der Waals surface area contributed by atoms with Crippen LogP contribution in [0.4, 0.5) is 11.4 Å². The summed E-state index contributed by atoms with van der Waals surface area (Å²) in [5, 5.41) is 3.59. The average Bonchev–Trinajstić information content (AvgIpc) is 2.82. The molecule has 0 aromatic heterocycles. The molecule has 1 N–H and O–H groups in total. The lowest BCUT2D eigenvalue weighted by Crippen LogP contribution is -2.42. The molecule has 2 aromatic carbocycles. The Labute approximate surface area is 165 Å². The fourth-order valence-corrected chi connectivity index (χ4v) is 4.35. The maximum atomic E-state index is 13.3. The van der Waals surface area contributed by atoms with E-state index in [1.165, 1.54) is 0 Å². The zero-order valence-corrected chi connectivity index (χ0v) is 16.8. The summed E-state index contributed by atoms with van der Waals surface area (Å²) in [4.78, 5) is 18.2. The van der Waals surface area contributed by atoms with Crippen molar-refractivity contribution in [2.75, 3.05) is 19.5 Å². The summed E-state index contributed by atoms with van der Waals surface area (Å²) >= 11 is 0. The van der Waals surface area contributed by atoms with Crippen molar-refractivity contribution in [3.05, 3.63) is 48.0 Å². The second-order valence-electron chi connectivity index (χ2n) is 8.31. The number of para-hydroxylation sites is 2. The third-order valence-corrected chi connectivity index (χ3v) is 5.61. The van der Waals surface area contributed by atoms with Crippen molar-refractivity contribution in [1.82, 2.24) is 0 Å². The van der Waals surface area contributed by atoms with Crippen LogP contribution >= 0.6 is 0 Å². The molecular formula is C23H26N2O3. The largest absolute Gasteiger partial charge is 0.497 e. The van der Waals surface area contributed by atoms with Crippen LogP contribution in [-0.4, -0.2) is 25.7 Å². The predicted molar refractivity (Wildman–Crippen MR) is 111 cm³/mol. The van der Waals surface area contributed by atoms with Crippen molar-refractivity contribution in [3.8, 4) is 11.5 Å². The van der Waals surface area contributed by atoms with E-state index in [0.29, 0.717) is 12.2 Å². The first kappa shape index (κ1) is 18.5. The van der Waals surface area contributed by atoms with Crippen molar-refractivity contribution >= 4 is 22.9 Å². The quantitative estimate of drug-likeness (QED) is 0.821. The highest BCUT2D eigenvalue weighted by molar-refractivity contribution is 6.10. The molecule has 2 unspecified atom stereocenters. The highest BCUT2D eigenvalue weighted by atomic mass is 16.5. The number of Topliss-reactive ketones (excluding diaryl/α,β-unsaturated/α-hetero) is 1. The van der Waals surface area contributed by atoms with Crippen LogP contribution in [0.5, 0.6) is 11.5 Å². The number of hydrogen-bond acceptors (Lipinski definition) is 5. The molecule has 1 aliphatic carbocycles. The van der Waals surface area contributed by atoms with Gasteiger partial charge in [-0.3, -0.25) is 9.79 Å². The molecule has 1 aliphatic heterocycles. The molecule has 2 atom stereocenters. The number of methoxy groups -OCH3 is 2. The summed E-state index contributed by atoms with van der Waals surface area (Å²) in [6.07, 6.45) is 1.35. The molecule has 28 heavy (non-hydrogen) atoms. The van der Waals surface area contributed by atoms with Crippen LogP contribution in [0, 0.1) is 11.3 Å². The van der Waals surface area contributed by atoms with Gasteiger partial charge in [0.1, 0.15) is 17.3 Å². The maximum Gasteiger partial charge on any atom is 0.144 e. The molecule has 5 heteroatoms. The fraction of sp³-hybridized carbons (Fsp3) is 0.391. The molecule has 0 bridgehead atoms. The van der Waals surface area contributed by atoms with Crippen molar-refractivity contribution in [2.24, 2.45) is 16.3 Å². The maximum absolute atomic E-state index is 13.3. The van der Waals surface area contributed by atoms with E-state index in [1.807, 2.05) is 42.5 Å². The number of rotatable bonds is 3. The number of ether oxygens (including phenoxy) is 2. The van der Waals surface area contributed by atoms with Gasteiger partial charge in [-0.25, -0.2) is 0 Å². The lowest BCUT2D eigenvalue weighted by Gasteiger charge is -2.37. The van der Waals surface area contributed by atoms with Crippen molar-refractivity contribution < 1.29 is 14.3 Å². The van der Waals surface area contributed by atoms with Gasteiger partial charge in [-0.1, -0.05) is 26.0 Å². The topological polar surface area (TPSA) is 59.9 Å². The number of ketones is 1. The first-order valence-electron chi connectivity index (χ1n) is 9.59. The van der Waals surface area contributed by atoms with Crippen LogP contribution in [0.2, 0.25) is 0 Å². The number of aliphatic imine (C=N–C) groups is 1. The van der Waals surface area contributed by atoms with Gasteiger partial charge in [-0.15, -0.1) is 0 Å². The van der Waals surface area contributed by atoms with Gasteiger partial charge in [0.25, 0.3) is 0 Å². The monoisotopic (exact) mass is 378 g/mol. The molecule has 146 valence electrons. The molecular weight excluding hydrogens is 352 g/mol. The molecule has 0 amide bonds. The average molecular weight is 378 g/mol. The van der Waals surface area contributed by atoms with Gasteiger partial charge in [-0.05, 0) is 36.1 Å². The normalized spacial score (nSPS) is 22.9. The van der Waals surface area contributed by atoms with Crippen LogP contribution in [0.15, 0.2) is 47.5 Å². The number of anilines is 1. The first-order valence-corrected chi connectivity index (χ1v) is 9.59. The van der Waals surface area contributed by atoms with E-state index in [9.17, 15) is 4.79 Å². The van der Waals surface area contributed by atoms with E-state index in [0.717, 1.165) is 34.8 Å². The third kappa shape index (κ3) is 3.26. The van der Waals surface area contributed by atoms with Gasteiger partial charge in [0.2, 0.25) is 0 Å². The molecule has 5 nitrogen and oxygen atoms in total. The molecule has 0 spiro atoms. The standard InChI is InChI=1S/C23H26N2O3/c1-23(2)12-18-21(19(26)13-23)22(25-17-8-6-5-7-16(17)24-18)15-10-9-14(27-3)11-20(15)28-4/h5-11,21-22,25H,12-13H2,1-4H3. The molecule has 0 saturated heterocycles. The van der Waals surface area contributed by atoms with Gasteiger partial charge in [0, 0.05) is 23.8 Å². The van der Waals surface area contributed by atoms with Crippen LogP contribution < -0.4 is 14.8 Å². The van der Waals surface area contributed by atoms with E-state index >= 15 is 0 Å². The number of carbonyl (C=O) groups excluding carboxylic acids is 1. The van der Waals surface area contributed by atoms with Crippen LogP contribution in [0.1, 0.15) is 38.3 Å². The molecule has 4 rings (SSSR count). The zero-order valence-electron chi connectivity index (χ0n) is 16.8. The second kappa shape index (κ2) is 6.97. The Balaban J connectivity index is 1.88. The van der Waals surface area contributed by atoms with Crippen molar-refractivity contribution in [3.63, 3.8) is 0 Å². The molecule has 2 aliphatic rings. The molecule has 2 aromatic rings. The lowest BCUT2D eigenvalue weighted by molar-refractivity contribution is -0.124. The second-order valence-corrected chi connectivity index (χ2v) is 8.31. The number of nitrogens with zero attached hydrogens (tertiary/aromatic N) is 1. The van der Waals surface area contributed by atoms with E-state index in [4.69, 9.17) is 14.5 Å². The Morgan fingerprint density at radius 1 is 1.07 bits per heavy atom. The van der Waals surface area contributed by atoms with Gasteiger partial charge >= 0.3 is 0 Å². The van der Waals surface area contributed by atoms with Gasteiger partial charge in [0.15, 0.2) is 0 Å². The smallest absolute Gasteiger partial charge is 0.144 e. The molecule has 0 radical (unpaired) electrons. The summed E-state index contributed by atoms with van der Waals surface area (Å²) < 4.78 is 11.0. The Morgan fingerprint density at radius 2 is 1.86 bits per heavy atom. The van der Waals surface area contributed by atoms with E-state index in [2.05, 4.69) is 19.2 Å². The van der Waals surface area contributed by atoms with E-state index in [1.54, 1.807) is 14.2 Å². The minimum Gasteiger partial charge on any atom is -0.497 e. The van der Waals surface area contributed by atoms with Crippen LogP contribution in [-0.2, 0) is 4.79 Å². The fourth-order valence-electron chi connectivity index (χ4n) is 4.35. The van der Waals surface area contributed by atoms with E-state index < -0.39 is 0 Å². The summed E-state index contributed by atoms with van der Waals surface area (Å²) in [5.74, 6) is 1.33. The predicted octanol–water partition coefficient (Wildman–Crippen LogP) is 4.95. The number of carbonyl (C=O) groups is 1. The highest BCUT2D eigenvalue weighted by Crippen LogP contribution is 2.46. The number of nitrogens with one attached hydrogen (secondary N) is 1. The molecule has 1 saturated carbocycles. The minimum atomic E-state index is -0.317. The SMILES string of the molecule is COc1ccc(C2Nc3ccccc3N=C3CC(C)(C)CC(=O)C32)c(OC)c1. The molecule has 1 fully saturated rings. The number of hydrogen-bond donors (Lipinski definition) is 1. The first-order chi connectivity index (χ1) is 13.4.